The number of aromatic nitrogens is 1. The SMILES string of the molecule is CC(=O)c1c[nH]c(C(=O)NC[C@@H](O)COc2ccc(F)cc2)c1. The molecule has 7 heteroatoms. The van der Waals surface area contributed by atoms with E-state index in [9.17, 15) is 19.1 Å². The van der Waals surface area contributed by atoms with Gasteiger partial charge in [0.2, 0.25) is 0 Å². The van der Waals surface area contributed by atoms with Gasteiger partial charge in [-0.3, -0.25) is 9.59 Å². The van der Waals surface area contributed by atoms with Crippen LogP contribution in [0.15, 0.2) is 36.5 Å². The molecule has 23 heavy (non-hydrogen) atoms. The first-order valence-corrected chi connectivity index (χ1v) is 6.99. The van der Waals surface area contributed by atoms with E-state index in [0.717, 1.165) is 0 Å². The fourth-order valence-corrected chi connectivity index (χ4v) is 1.82. The number of carbonyl (C=O) groups is 2. The maximum Gasteiger partial charge on any atom is 0.267 e. The standard InChI is InChI=1S/C16H17FN2O4/c1-10(20)11-6-15(18-7-11)16(22)19-8-13(21)9-23-14-4-2-12(17)3-5-14/h2-7,13,18,21H,8-9H2,1H3,(H,19,22)/t13-/m1/s1. The third-order valence-corrected chi connectivity index (χ3v) is 3.09. The molecule has 0 fully saturated rings. The van der Waals surface area contributed by atoms with E-state index in [1.165, 1.54) is 43.5 Å². The predicted molar refractivity (Wildman–Crippen MR) is 81.0 cm³/mol. The summed E-state index contributed by atoms with van der Waals surface area (Å²) in [6.07, 6.45) is 0.525. The lowest BCUT2D eigenvalue weighted by Gasteiger charge is -2.13. The Morgan fingerprint density at radius 3 is 2.65 bits per heavy atom. The van der Waals surface area contributed by atoms with Gasteiger partial charge < -0.3 is 20.1 Å². The van der Waals surface area contributed by atoms with Crippen LogP contribution >= 0.6 is 0 Å². The Morgan fingerprint density at radius 2 is 2.04 bits per heavy atom. The van der Waals surface area contributed by atoms with Gasteiger partial charge in [-0.2, -0.15) is 0 Å². The summed E-state index contributed by atoms with van der Waals surface area (Å²) in [4.78, 5) is 25.7. The molecular weight excluding hydrogens is 303 g/mol. The molecule has 0 saturated heterocycles. The highest BCUT2D eigenvalue weighted by Crippen LogP contribution is 2.11. The highest BCUT2D eigenvalue weighted by atomic mass is 19.1. The topological polar surface area (TPSA) is 91.4 Å². The van der Waals surface area contributed by atoms with Crippen LogP contribution in [0.1, 0.15) is 27.8 Å². The number of aliphatic hydroxyl groups is 1. The molecule has 1 aromatic carbocycles. The number of ketones is 1. The molecule has 0 saturated carbocycles. The number of H-pyrrole nitrogens is 1. The third-order valence-electron chi connectivity index (χ3n) is 3.09. The molecule has 0 unspecified atom stereocenters. The molecule has 122 valence electrons. The van der Waals surface area contributed by atoms with Gasteiger partial charge in [0.15, 0.2) is 5.78 Å². The summed E-state index contributed by atoms with van der Waals surface area (Å²) >= 11 is 0. The lowest BCUT2D eigenvalue weighted by molar-refractivity contribution is 0.0840. The first-order chi connectivity index (χ1) is 11.0. The summed E-state index contributed by atoms with van der Waals surface area (Å²) in [5.41, 5.74) is 0.650. The molecule has 0 bridgehead atoms. The van der Waals surface area contributed by atoms with Gasteiger partial charge in [0.25, 0.3) is 5.91 Å². The van der Waals surface area contributed by atoms with Crippen LogP contribution in [0, 0.1) is 5.82 Å². The Morgan fingerprint density at radius 1 is 1.35 bits per heavy atom. The monoisotopic (exact) mass is 320 g/mol. The molecule has 0 aliphatic rings. The molecule has 2 aromatic rings. The van der Waals surface area contributed by atoms with E-state index in [-0.39, 0.29) is 30.4 Å². The molecule has 0 radical (unpaired) electrons. The van der Waals surface area contributed by atoms with Crippen LogP contribution in [0.5, 0.6) is 5.75 Å². The van der Waals surface area contributed by atoms with Gasteiger partial charge in [-0.25, -0.2) is 4.39 Å². The second-order valence-electron chi connectivity index (χ2n) is 4.99. The number of aliphatic hydroxyl groups excluding tert-OH is 1. The van der Waals surface area contributed by atoms with Crippen molar-refractivity contribution in [1.29, 1.82) is 0 Å². The summed E-state index contributed by atoms with van der Waals surface area (Å²) in [5, 5.41) is 12.3. The lowest BCUT2D eigenvalue weighted by atomic mass is 10.2. The van der Waals surface area contributed by atoms with Crippen molar-refractivity contribution >= 4 is 11.7 Å². The van der Waals surface area contributed by atoms with Crippen LogP contribution < -0.4 is 10.1 Å². The number of Topliss-reactive ketones (excluding diaryl/α,β-unsaturated/α-hetero) is 1. The lowest BCUT2D eigenvalue weighted by Crippen LogP contribution is -2.35. The maximum absolute atomic E-state index is 12.7. The van der Waals surface area contributed by atoms with Crippen LogP contribution in [0.4, 0.5) is 4.39 Å². The number of hydrogen-bond acceptors (Lipinski definition) is 4. The van der Waals surface area contributed by atoms with E-state index in [2.05, 4.69) is 10.3 Å². The zero-order chi connectivity index (χ0) is 16.8. The van der Waals surface area contributed by atoms with Gasteiger partial charge in [0.05, 0.1) is 0 Å². The summed E-state index contributed by atoms with van der Waals surface area (Å²) < 4.78 is 18.0. The fourth-order valence-electron chi connectivity index (χ4n) is 1.82. The number of amides is 1. The molecule has 1 atom stereocenters. The number of rotatable bonds is 7. The molecule has 1 aromatic heterocycles. The number of aromatic amines is 1. The molecule has 6 nitrogen and oxygen atoms in total. The van der Waals surface area contributed by atoms with Crippen molar-refractivity contribution in [1.82, 2.24) is 10.3 Å². The number of ether oxygens (including phenoxy) is 1. The quantitative estimate of drug-likeness (QED) is 0.675. The Labute approximate surface area is 132 Å². The molecule has 1 heterocycles. The normalized spacial score (nSPS) is 11.8. The predicted octanol–water partition coefficient (Wildman–Crippen LogP) is 1.53. The first kappa shape index (κ1) is 16.7. The molecule has 0 spiro atoms. The minimum absolute atomic E-state index is 0.0194. The maximum atomic E-state index is 12.7. The third kappa shape index (κ3) is 4.93. The number of nitrogens with one attached hydrogen (secondary N) is 2. The van der Waals surface area contributed by atoms with E-state index >= 15 is 0 Å². The van der Waals surface area contributed by atoms with E-state index in [1.807, 2.05) is 0 Å². The van der Waals surface area contributed by atoms with E-state index in [1.54, 1.807) is 0 Å². The Bertz CT molecular complexity index is 682. The molecule has 0 aliphatic heterocycles. The molecular formula is C16H17FN2O4. The molecule has 2 rings (SSSR count). The smallest absolute Gasteiger partial charge is 0.267 e. The number of carbonyl (C=O) groups excluding carboxylic acids is 2. The number of benzene rings is 1. The zero-order valence-corrected chi connectivity index (χ0v) is 12.5. The van der Waals surface area contributed by atoms with Crippen molar-refractivity contribution in [3.8, 4) is 5.75 Å². The molecule has 3 N–H and O–H groups in total. The Hall–Kier alpha value is -2.67. The second-order valence-corrected chi connectivity index (χ2v) is 4.99. The van der Waals surface area contributed by atoms with Gasteiger partial charge in [0, 0.05) is 18.3 Å². The van der Waals surface area contributed by atoms with Crippen molar-refractivity contribution in [3.63, 3.8) is 0 Å². The van der Waals surface area contributed by atoms with Crippen LogP contribution in [0.3, 0.4) is 0 Å². The van der Waals surface area contributed by atoms with Crippen LogP contribution in [-0.2, 0) is 0 Å². The van der Waals surface area contributed by atoms with Gasteiger partial charge in [-0.15, -0.1) is 0 Å². The van der Waals surface area contributed by atoms with Gasteiger partial charge in [-0.1, -0.05) is 0 Å². The van der Waals surface area contributed by atoms with Crippen molar-refractivity contribution in [3.05, 3.63) is 53.6 Å². The van der Waals surface area contributed by atoms with Gasteiger partial charge in [-0.05, 0) is 37.3 Å². The second kappa shape index (κ2) is 7.55. The van der Waals surface area contributed by atoms with E-state index in [4.69, 9.17) is 4.74 Å². The number of halogens is 1. The van der Waals surface area contributed by atoms with E-state index in [0.29, 0.717) is 11.3 Å². The minimum atomic E-state index is -0.925. The number of hydrogen-bond donors (Lipinski definition) is 3. The Balaban J connectivity index is 1.76. The highest BCUT2D eigenvalue weighted by Gasteiger charge is 2.12. The average molecular weight is 320 g/mol. The van der Waals surface area contributed by atoms with Crippen LogP contribution in [0.2, 0.25) is 0 Å². The van der Waals surface area contributed by atoms with Crippen molar-refractivity contribution in [2.24, 2.45) is 0 Å². The van der Waals surface area contributed by atoms with Crippen molar-refractivity contribution in [2.45, 2.75) is 13.0 Å². The van der Waals surface area contributed by atoms with Crippen LogP contribution in [-0.4, -0.2) is 41.0 Å². The van der Waals surface area contributed by atoms with Crippen LogP contribution in [0.25, 0.3) is 0 Å². The molecule has 1 amide bonds. The molecule has 0 aliphatic carbocycles. The van der Waals surface area contributed by atoms with Gasteiger partial charge in [0.1, 0.15) is 30.0 Å². The van der Waals surface area contributed by atoms with Gasteiger partial charge >= 0.3 is 0 Å². The van der Waals surface area contributed by atoms with E-state index < -0.39 is 12.0 Å². The summed E-state index contributed by atoms with van der Waals surface area (Å²) in [6.45, 7) is 1.34. The van der Waals surface area contributed by atoms with Crippen molar-refractivity contribution in [2.75, 3.05) is 13.2 Å². The largest absolute Gasteiger partial charge is 0.491 e. The summed E-state index contributed by atoms with van der Waals surface area (Å²) in [5.74, 6) is -0.528. The first-order valence-electron chi connectivity index (χ1n) is 6.99. The average Bonchev–Trinajstić information content (AvgIpc) is 3.02. The highest BCUT2D eigenvalue weighted by molar-refractivity contribution is 5.99. The minimum Gasteiger partial charge on any atom is -0.491 e. The summed E-state index contributed by atoms with van der Waals surface area (Å²) in [7, 11) is 0. The Kier molecular flexibility index (Phi) is 5.48. The summed E-state index contributed by atoms with van der Waals surface area (Å²) in [6, 6.07) is 6.84. The zero-order valence-electron chi connectivity index (χ0n) is 12.5. The van der Waals surface area contributed by atoms with Crippen molar-refractivity contribution < 1.29 is 23.8 Å². The fraction of sp³-hybridized carbons (Fsp3) is 0.250.